The van der Waals surface area contributed by atoms with Crippen LogP contribution >= 0.6 is 0 Å². The minimum absolute atomic E-state index is 0.0108. The van der Waals surface area contributed by atoms with Crippen molar-refractivity contribution in [3.8, 4) is 0 Å². The van der Waals surface area contributed by atoms with Crippen LogP contribution in [0.5, 0.6) is 0 Å². The molecule has 3 aliphatic rings. The Morgan fingerprint density at radius 3 is 3.03 bits per heavy atom. The maximum atomic E-state index is 12.2. The molecule has 1 aliphatic carbocycles. The van der Waals surface area contributed by atoms with Gasteiger partial charge in [0.25, 0.3) is 0 Å². The largest absolute Gasteiger partial charge is 0.455 e. The van der Waals surface area contributed by atoms with Crippen molar-refractivity contribution >= 4 is 16.9 Å². The summed E-state index contributed by atoms with van der Waals surface area (Å²) in [6.07, 6.45) is 9.77. The lowest BCUT2D eigenvalue weighted by Crippen LogP contribution is -2.29. The Balaban J connectivity index is 1.17. The van der Waals surface area contributed by atoms with Gasteiger partial charge in [0, 0.05) is 23.2 Å². The highest BCUT2D eigenvalue weighted by molar-refractivity contribution is 5.91. The first-order chi connectivity index (χ1) is 16.0. The van der Waals surface area contributed by atoms with Gasteiger partial charge in [-0.25, -0.2) is 9.48 Å². The highest BCUT2D eigenvalue weighted by Gasteiger charge is 2.61. The van der Waals surface area contributed by atoms with Crippen LogP contribution in [-0.4, -0.2) is 43.3 Å². The van der Waals surface area contributed by atoms with Gasteiger partial charge in [0.05, 0.1) is 24.9 Å². The summed E-state index contributed by atoms with van der Waals surface area (Å²) in [4.78, 5) is 12.2. The van der Waals surface area contributed by atoms with Crippen LogP contribution in [0.3, 0.4) is 0 Å². The first kappa shape index (κ1) is 20.4. The number of hydrogen-bond donors (Lipinski definition) is 0. The van der Waals surface area contributed by atoms with Crippen molar-refractivity contribution in [2.45, 2.75) is 63.5 Å². The maximum absolute atomic E-state index is 12.2. The Morgan fingerprint density at radius 2 is 2.12 bits per heavy atom. The van der Waals surface area contributed by atoms with Gasteiger partial charge >= 0.3 is 5.97 Å². The van der Waals surface area contributed by atoms with Crippen LogP contribution in [0.15, 0.2) is 66.5 Å². The Hall–Kier alpha value is -3.19. The Morgan fingerprint density at radius 1 is 1.24 bits per heavy atom. The van der Waals surface area contributed by atoms with Gasteiger partial charge in [0.2, 0.25) is 0 Å². The molecule has 1 aromatic carbocycles. The zero-order valence-electron chi connectivity index (χ0n) is 18.8. The van der Waals surface area contributed by atoms with E-state index in [2.05, 4.69) is 71.0 Å². The molecule has 6 rings (SSSR count). The van der Waals surface area contributed by atoms with Crippen molar-refractivity contribution < 1.29 is 14.3 Å². The molecule has 0 bridgehead atoms. The predicted molar refractivity (Wildman–Crippen MR) is 123 cm³/mol. The molecule has 0 amide bonds. The fourth-order valence-electron chi connectivity index (χ4n) is 5.41. The molecule has 4 heterocycles. The van der Waals surface area contributed by atoms with E-state index in [1.165, 1.54) is 16.5 Å². The van der Waals surface area contributed by atoms with Gasteiger partial charge in [-0.15, -0.1) is 5.10 Å². The first-order valence-corrected chi connectivity index (χ1v) is 11.7. The Kier molecular flexibility index (Phi) is 4.76. The van der Waals surface area contributed by atoms with Crippen LogP contribution in [0.25, 0.3) is 10.9 Å². The number of ether oxygens (including phenoxy) is 2. The van der Waals surface area contributed by atoms with Crippen LogP contribution in [0.2, 0.25) is 0 Å². The van der Waals surface area contributed by atoms with Gasteiger partial charge in [-0.05, 0) is 50.1 Å². The van der Waals surface area contributed by atoms with Crippen molar-refractivity contribution in [1.29, 1.82) is 0 Å². The molecule has 0 spiro atoms. The first-order valence-electron chi connectivity index (χ1n) is 11.7. The number of carbonyl (C=O) groups excluding carboxylic acids is 1. The summed E-state index contributed by atoms with van der Waals surface area (Å²) >= 11 is 0. The lowest BCUT2D eigenvalue weighted by molar-refractivity contribution is -0.140. The van der Waals surface area contributed by atoms with E-state index in [-0.39, 0.29) is 29.7 Å². The molecule has 7 nitrogen and oxygen atoms in total. The minimum Gasteiger partial charge on any atom is -0.455 e. The number of esters is 1. The molecular weight excluding hydrogens is 416 g/mol. The predicted octanol–water partition coefficient (Wildman–Crippen LogP) is 4.04. The van der Waals surface area contributed by atoms with E-state index in [1.807, 2.05) is 10.9 Å². The summed E-state index contributed by atoms with van der Waals surface area (Å²) in [6, 6.07) is 10.5. The molecule has 2 aromatic heterocycles. The van der Waals surface area contributed by atoms with Crippen molar-refractivity contribution in [3.05, 3.63) is 72.2 Å². The third kappa shape index (κ3) is 3.70. The number of fused-ring (bicyclic) bond motifs is 4. The molecule has 2 aliphatic heterocycles. The number of aromatic nitrogens is 4. The molecule has 2 saturated heterocycles. The summed E-state index contributed by atoms with van der Waals surface area (Å²) < 4.78 is 15.8. The van der Waals surface area contributed by atoms with Gasteiger partial charge < -0.3 is 14.0 Å². The normalized spacial score (nSPS) is 30.9. The second-order valence-electron chi connectivity index (χ2n) is 9.70. The minimum atomic E-state index is -0.272. The van der Waals surface area contributed by atoms with E-state index in [0.29, 0.717) is 18.7 Å². The van der Waals surface area contributed by atoms with Crippen LogP contribution < -0.4 is 0 Å². The number of benzene rings is 1. The van der Waals surface area contributed by atoms with Gasteiger partial charge in [0.1, 0.15) is 17.9 Å². The summed E-state index contributed by atoms with van der Waals surface area (Å²) in [5, 5.41) is 10.0. The number of para-hydroxylation sites is 1. The fourth-order valence-corrected chi connectivity index (χ4v) is 5.41. The summed E-state index contributed by atoms with van der Waals surface area (Å²) in [5.74, 6) is -0.259. The molecule has 0 N–H and O–H groups in total. The average molecular weight is 445 g/mol. The van der Waals surface area contributed by atoms with Crippen LogP contribution in [-0.2, 0) is 27.4 Å². The maximum Gasteiger partial charge on any atom is 0.334 e. The zero-order valence-corrected chi connectivity index (χ0v) is 18.8. The highest BCUT2D eigenvalue weighted by Crippen LogP contribution is 2.49. The number of nitrogens with zero attached hydrogens (tertiary/aromatic N) is 4. The molecule has 33 heavy (non-hydrogen) atoms. The zero-order chi connectivity index (χ0) is 22.6. The Bertz CT molecular complexity index is 1270. The second-order valence-corrected chi connectivity index (χ2v) is 9.70. The van der Waals surface area contributed by atoms with E-state index in [4.69, 9.17) is 9.47 Å². The number of rotatable bonds is 4. The van der Waals surface area contributed by atoms with Crippen molar-refractivity contribution in [2.75, 3.05) is 0 Å². The fraction of sp³-hybridized carbons (Fsp3) is 0.423. The van der Waals surface area contributed by atoms with Crippen LogP contribution in [0.4, 0.5) is 0 Å². The third-order valence-electron chi connectivity index (χ3n) is 7.40. The highest BCUT2D eigenvalue weighted by atomic mass is 16.6. The van der Waals surface area contributed by atoms with Crippen molar-refractivity contribution in [2.24, 2.45) is 5.92 Å². The second kappa shape index (κ2) is 7.70. The number of hydrogen-bond acceptors (Lipinski definition) is 5. The van der Waals surface area contributed by atoms with Crippen molar-refractivity contribution in [3.63, 3.8) is 0 Å². The molecule has 0 unspecified atom stereocenters. The SMILES string of the molecule is C=C1C(=O)O[C@H]2[C@H]1CC/C(Cn1cc(Cn3ccc4ccccc43)nn1)=C\CC[C@@]1(C)O[C@@H]21. The summed E-state index contributed by atoms with van der Waals surface area (Å²) in [7, 11) is 0. The smallest absolute Gasteiger partial charge is 0.334 e. The standard InChI is InChI=1S/C26H28N4O3/c1-17-21-10-9-18(6-5-12-26(2)24(33-26)23(21)32-25(17)31)14-30-16-20(27-28-30)15-29-13-11-19-7-3-4-8-22(19)29/h3-4,6-8,11,13,16,21,23-24H,1,5,9-10,12,14-15H2,2H3/b18-6+/t21-,23-,24-,26+/m0/s1. The monoisotopic (exact) mass is 444 g/mol. The number of carbonyl (C=O) groups is 1. The summed E-state index contributed by atoms with van der Waals surface area (Å²) in [6.45, 7) is 7.51. The molecule has 2 fully saturated rings. The molecule has 0 radical (unpaired) electrons. The molecular formula is C26H28N4O3. The van der Waals surface area contributed by atoms with E-state index in [9.17, 15) is 4.79 Å². The lowest BCUT2D eigenvalue weighted by Gasteiger charge is -2.20. The van der Waals surface area contributed by atoms with E-state index in [1.54, 1.807) is 0 Å². The quantitative estimate of drug-likeness (QED) is 0.263. The van der Waals surface area contributed by atoms with E-state index < -0.39 is 0 Å². The summed E-state index contributed by atoms with van der Waals surface area (Å²) in [5.41, 5.74) is 3.79. The van der Waals surface area contributed by atoms with E-state index in [0.717, 1.165) is 31.4 Å². The van der Waals surface area contributed by atoms with Crippen LogP contribution in [0.1, 0.15) is 38.3 Å². The van der Waals surface area contributed by atoms with Gasteiger partial charge in [-0.2, -0.15) is 0 Å². The average Bonchev–Trinajstić information content (AvgIpc) is 3.12. The number of allylic oxidation sites excluding steroid dienone is 2. The van der Waals surface area contributed by atoms with E-state index >= 15 is 0 Å². The molecule has 0 saturated carbocycles. The van der Waals surface area contributed by atoms with Crippen LogP contribution in [0, 0.1) is 5.92 Å². The molecule has 4 atom stereocenters. The third-order valence-corrected chi connectivity index (χ3v) is 7.40. The molecule has 3 aromatic rings. The lowest BCUT2D eigenvalue weighted by atomic mass is 9.84. The Labute approximate surface area is 192 Å². The van der Waals surface area contributed by atoms with Gasteiger partial charge in [0.15, 0.2) is 0 Å². The molecule has 7 heteroatoms. The van der Waals surface area contributed by atoms with Crippen molar-refractivity contribution in [1.82, 2.24) is 19.6 Å². The van der Waals surface area contributed by atoms with Gasteiger partial charge in [-0.1, -0.05) is 41.6 Å². The van der Waals surface area contributed by atoms with Gasteiger partial charge in [-0.3, -0.25) is 0 Å². The number of epoxide rings is 1. The topological polar surface area (TPSA) is 74.5 Å². The molecule has 170 valence electrons.